The van der Waals surface area contributed by atoms with Crippen molar-refractivity contribution in [3.63, 3.8) is 0 Å². The van der Waals surface area contributed by atoms with E-state index in [0.29, 0.717) is 12.1 Å². The number of benzene rings is 1. The van der Waals surface area contributed by atoms with Crippen molar-refractivity contribution in [1.82, 2.24) is 5.32 Å². The fourth-order valence-electron chi connectivity index (χ4n) is 2.65. The van der Waals surface area contributed by atoms with Crippen LogP contribution in [0.5, 0.6) is 5.75 Å². The highest BCUT2D eigenvalue weighted by Crippen LogP contribution is 2.16. The Morgan fingerprint density at radius 1 is 1.29 bits per heavy atom. The lowest BCUT2D eigenvalue weighted by molar-refractivity contribution is 0.0832. The molecule has 2 unspecified atom stereocenters. The van der Waals surface area contributed by atoms with E-state index in [4.69, 9.17) is 9.47 Å². The van der Waals surface area contributed by atoms with Gasteiger partial charge in [-0.05, 0) is 43.9 Å². The summed E-state index contributed by atoms with van der Waals surface area (Å²) in [6.45, 7) is 7.04. The van der Waals surface area contributed by atoms with Gasteiger partial charge in [-0.25, -0.2) is 0 Å². The van der Waals surface area contributed by atoms with Crippen LogP contribution in [0.4, 0.5) is 0 Å². The van der Waals surface area contributed by atoms with E-state index < -0.39 is 0 Å². The molecule has 1 aromatic rings. The van der Waals surface area contributed by atoms with Gasteiger partial charge in [-0.2, -0.15) is 0 Å². The standard InChI is InChI=1S/C18H29NO2/c1-3-4-5-12-20-17-10-8-16(9-11-17)14-19-15(2)18-7-6-13-21-18/h8-11,15,18-19H,3-7,12-14H2,1-2H3. The molecule has 0 radical (unpaired) electrons. The van der Waals surface area contributed by atoms with Gasteiger partial charge in [0.1, 0.15) is 5.75 Å². The van der Waals surface area contributed by atoms with Crippen LogP contribution in [-0.4, -0.2) is 25.4 Å². The Morgan fingerprint density at radius 2 is 2.10 bits per heavy atom. The minimum absolute atomic E-state index is 0.381. The molecule has 2 rings (SSSR count). The Morgan fingerprint density at radius 3 is 2.76 bits per heavy atom. The third-order valence-electron chi connectivity index (χ3n) is 4.09. The molecule has 1 N–H and O–H groups in total. The molecular formula is C18H29NO2. The summed E-state index contributed by atoms with van der Waals surface area (Å²) in [5.74, 6) is 0.974. The van der Waals surface area contributed by atoms with Crippen molar-refractivity contribution < 1.29 is 9.47 Å². The Bertz CT molecular complexity index is 385. The third-order valence-corrected chi connectivity index (χ3v) is 4.09. The van der Waals surface area contributed by atoms with Crippen molar-refractivity contribution in [2.75, 3.05) is 13.2 Å². The van der Waals surface area contributed by atoms with Crippen molar-refractivity contribution in [1.29, 1.82) is 0 Å². The highest BCUT2D eigenvalue weighted by molar-refractivity contribution is 5.27. The fourth-order valence-corrected chi connectivity index (χ4v) is 2.65. The zero-order valence-electron chi connectivity index (χ0n) is 13.4. The first-order valence-electron chi connectivity index (χ1n) is 8.36. The molecule has 2 atom stereocenters. The average molecular weight is 291 g/mol. The second-order valence-electron chi connectivity index (χ2n) is 5.92. The quantitative estimate of drug-likeness (QED) is 0.700. The van der Waals surface area contributed by atoms with Crippen LogP contribution in [0.25, 0.3) is 0 Å². The monoisotopic (exact) mass is 291 g/mol. The lowest BCUT2D eigenvalue weighted by Gasteiger charge is -2.20. The summed E-state index contributed by atoms with van der Waals surface area (Å²) < 4.78 is 11.4. The second kappa shape index (κ2) is 9.06. The van der Waals surface area contributed by atoms with Crippen LogP contribution in [0.2, 0.25) is 0 Å². The molecule has 1 fully saturated rings. The van der Waals surface area contributed by atoms with E-state index in [9.17, 15) is 0 Å². The number of unbranched alkanes of at least 4 members (excludes halogenated alkanes) is 2. The number of rotatable bonds is 9. The Balaban J connectivity index is 1.69. The van der Waals surface area contributed by atoms with Gasteiger partial charge < -0.3 is 14.8 Å². The summed E-state index contributed by atoms with van der Waals surface area (Å²) in [5.41, 5.74) is 1.29. The summed E-state index contributed by atoms with van der Waals surface area (Å²) in [7, 11) is 0. The predicted molar refractivity (Wildman–Crippen MR) is 86.7 cm³/mol. The maximum Gasteiger partial charge on any atom is 0.119 e. The van der Waals surface area contributed by atoms with E-state index in [1.165, 1.54) is 31.2 Å². The highest BCUT2D eigenvalue weighted by Gasteiger charge is 2.21. The minimum Gasteiger partial charge on any atom is -0.494 e. The summed E-state index contributed by atoms with van der Waals surface area (Å²) in [5, 5.41) is 3.55. The average Bonchev–Trinajstić information content (AvgIpc) is 3.05. The molecule has 1 aliphatic heterocycles. The highest BCUT2D eigenvalue weighted by atomic mass is 16.5. The molecule has 1 saturated heterocycles. The summed E-state index contributed by atoms with van der Waals surface area (Å²) >= 11 is 0. The number of nitrogens with one attached hydrogen (secondary N) is 1. The van der Waals surface area contributed by atoms with Crippen molar-refractivity contribution in [2.24, 2.45) is 0 Å². The summed E-state index contributed by atoms with van der Waals surface area (Å²) in [6, 6.07) is 8.84. The predicted octanol–water partition coefficient (Wildman–Crippen LogP) is 3.91. The van der Waals surface area contributed by atoms with Gasteiger partial charge in [0.15, 0.2) is 0 Å². The molecule has 118 valence electrons. The molecule has 1 heterocycles. The number of hydrogen-bond acceptors (Lipinski definition) is 3. The molecule has 1 aromatic carbocycles. The van der Waals surface area contributed by atoms with Gasteiger partial charge >= 0.3 is 0 Å². The molecule has 0 spiro atoms. The van der Waals surface area contributed by atoms with Gasteiger partial charge in [0.25, 0.3) is 0 Å². The van der Waals surface area contributed by atoms with Crippen molar-refractivity contribution in [3.8, 4) is 5.75 Å². The Hall–Kier alpha value is -1.06. The summed E-state index contributed by atoms with van der Waals surface area (Å²) in [4.78, 5) is 0. The lowest BCUT2D eigenvalue weighted by atomic mass is 10.1. The Kier molecular flexibility index (Phi) is 7.04. The lowest BCUT2D eigenvalue weighted by Crippen LogP contribution is -2.36. The van der Waals surface area contributed by atoms with E-state index in [0.717, 1.165) is 31.9 Å². The molecule has 0 amide bonds. The van der Waals surface area contributed by atoms with Gasteiger partial charge in [-0.15, -0.1) is 0 Å². The molecule has 3 heteroatoms. The van der Waals surface area contributed by atoms with Gasteiger partial charge in [0.2, 0.25) is 0 Å². The summed E-state index contributed by atoms with van der Waals surface area (Å²) in [6.07, 6.45) is 6.36. The first kappa shape index (κ1) is 16.3. The van der Waals surface area contributed by atoms with Crippen molar-refractivity contribution >= 4 is 0 Å². The molecular weight excluding hydrogens is 262 g/mol. The normalized spacial score (nSPS) is 19.6. The zero-order chi connectivity index (χ0) is 14.9. The largest absolute Gasteiger partial charge is 0.494 e. The van der Waals surface area contributed by atoms with E-state index >= 15 is 0 Å². The van der Waals surface area contributed by atoms with E-state index in [1.54, 1.807) is 0 Å². The van der Waals surface area contributed by atoms with Crippen LogP contribution in [0.15, 0.2) is 24.3 Å². The maximum atomic E-state index is 5.73. The van der Waals surface area contributed by atoms with Crippen LogP contribution >= 0.6 is 0 Å². The van der Waals surface area contributed by atoms with Crippen LogP contribution in [-0.2, 0) is 11.3 Å². The van der Waals surface area contributed by atoms with Crippen LogP contribution in [0, 0.1) is 0 Å². The number of ether oxygens (including phenoxy) is 2. The van der Waals surface area contributed by atoms with E-state index in [2.05, 4.69) is 43.4 Å². The van der Waals surface area contributed by atoms with E-state index in [-0.39, 0.29) is 0 Å². The molecule has 1 aliphatic rings. The molecule has 0 aromatic heterocycles. The first-order chi connectivity index (χ1) is 10.3. The smallest absolute Gasteiger partial charge is 0.119 e. The number of hydrogen-bond donors (Lipinski definition) is 1. The third kappa shape index (κ3) is 5.68. The zero-order valence-corrected chi connectivity index (χ0v) is 13.4. The topological polar surface area (TPSA) is 30.5 Å². The minimum atomic E-state index is 0.381. The van der Waals surface area contributed by atoms with Gasteiger partial charge in [0.05, 0.1) is 12.7 Å². The van der Waals surface area contributed by atoms with Crippen LogP contribution < -0.4 is 10.1 Å². The molecule has 21 heavy (non-hydrogen) atoms. The van der Waals surface area contributed by atoms with Gasteiger partial charge in [-0.3, -0.25) is 0 Å². The fraction of sp³-hybridized carbons (Fsp3) is 0.667. The molecule has 0 aliphatic carbocycles. The van der Waals surface area contributed by atoms with Crippen LogP contribution in [0.3, 0.4) is 0 Å². The molecule has 3 nitrogen and oxygen atoms in total. The van der Waals surface area contributed by atoms with Gasteiger partial charge in [0, 0.05) is 19.2 Å². The molecule has 0 saturated carbocycles. The van der Waals surface area contributed by atoms with Crippen molar-refractivity contribution in [3.05, 3.63) is 29.8 Å². The first-order valence-corrected chi connectivity index (χ1v) is 8.36. The van der Waals surface area contributed by atoms with Crippen molar-refractivity contribution in [2.45, 2.75) is 64.6 Å². The SMILES string of the molecule is CCCCCOc1ccc(CNC(C)C2CCCO2)cc1. The van der Waals surface area contributed by atoms with E-state index in [1.807, 2.05) is 0 Å². The maximum absolute atomic E-state index is 5.73. The Labute approximate surface area is 129 Å². The molecule has 0 bridgehead atoms. The second-order valence-corrected chi connectivity index (χ2v) is 5.92. The van der Waals surface area contributed by atoms with Crippen LogP contribution in [0.1, 0.15) is 51.5 Å². The van der Waals surface area contributed by atoms with Gasteiger partial charge in [-0.1, -0.05) is 31.9 Å².